The van der Waals surface area contributed by atoms with Crippen molar-refractivity contribution in [2.24, 2.45) is 0 Å². The molecule has 3 heteroatoms. The third-order valence-corrected chi connectivity index (χ3v) is 2.91. The summed E-state index contributed by atoms with van der Waals surface area (Å²) in [6, 6.07) is 14.6. The molecule has 1 aromatic heterocycles. The molecular weight excluding hydrogens is 222 g/mol. The maximum atomic E-state index is 8.54. The molecule has 2 aromatic rings. The molecule has 0 aliphatic heterocycles. The number of benzene rings is 1. The van der Waals surface area contributed by atoms with Crippen LogP contribution < -0.4 is 5.32 Å². The van der Waals surface area contributed by atoms with Crippen LogP contribution in [0.2, 0.25) is 0 Å². The van der Waals surface area contributed by atoms with Gasteiger partial charge in [-0.15, -0.1) is 0 Å². The van der Waals surface area contributed by atoms with Gasteiger partial charge >= 0.3 is 0 Å². The first-order chi connectivity index (χ1) is 8.81. The summed E-state index contributed by atoms with van der Waals surface area (Å²) in [6.07, 6.45) is 3.58. The van der Waals surface area contributed by atoms with Crippen LogP contribution in [0, 0.1) is 11.3 Å². The van der Waals surface area contributed by atoms with E-state index in [4.69, 9.17) is 5.26 Å². The largest absolute Gasteiger partial charge is 0.298 e. The third kappa shape index (κ3) is 2.93. The molecule has 0 spiro atoms. The molecule has 1 N–H and O–H groups in total. The van der Waals surface area contributed by atoms with E-state index in [2.05, 4.69) is 47.6 Å². The molecule has 0 unspecified atom stereocenters. The number of aromatic nitrogens is 1. The first-order valence-corrected chi connectivity index (χ1v) is 5.92. The van der Waals surface area contributed by atoms with Gasteiger partial charge in [-0.05, 0) is 35.7 Å². The van der Waals surface area contributed by atoms with Gasteiger partial charge in [0.05, 0.1) is 12.6 Å². The molecule has 0 saturated carbocycles. The zero-order valence-corrected chi connectivity index (χ0v) is 10.3. The van der Waals surface area contributed by atoms with Crippen molar-refractivity contribution in [3.05, 3.63) is 54.4 Å². The van der Waals surface area contributed by atoms with E-state index in [-0.39, 0.29) is 6.04 Å². The highest BCUT2D eigenvalue weighted by molar-refractivity contribution is 5.62. The summed E-state index contributed by atoms with van der Waals surface area (Å²) in [6.45, 7) is 2.42. The van der Waals surface area contributed by atoms with Crippen molar-refractivity contribution in [1.29, 1.82) is 5.26 Å². The van der Waals surface area contributed by atoms with E-state index in [1.807, 2.05) is 12.1 Å². The van der Waals surface area contributed by atoms with Gasteiger partial charge in [-0.2, -0.15) is 5.26 Å². The van der Waals surface area contributed by atoms with E-state index in [1.165, 1.54) is 11.1 Å². The average Bonchev–Trinajstić information content (AvgIpc) is 2.46. The summed E-state index contributed by atoms with van der Waals surface area (Å²) in [5, 5.41) is 11.7. The Morgan fingerprint density at radius 1 is 1.11 bits per heavy atom. The fourth-order valence-corrected chi connectivity index (χ4v) is 1.83. The van der Waals surface area contributed by atoms with E-state index >= 15 is 0 Å². The monoisotopic (exact) mass is 237 g/mol. The minimum atomic E-state index is 0.191. The number of nitriles is 1. The van der Waals surface area contributed by atoms with Crippen LogP contribution in [0.5, 0.6) is 0 Å². The molecule has 0 aliphatic carbocycles. The SMILES string of the molecule is C[C@@H](NCC#N)c1ccc(-c2ccncc2)cc1. The smallest absolute Gasteiger partial charge is 0.0845 e. The standard InChI is InChI=1S/C15H15N3/c1-12(18-11-8-16)13-2-4-14(5-3-13)15-6-9-17-10-7-15/h2-7,9-10,12,18H,11H2,1H3/t12-/m1/s1. The number of pyridine rings is 1. The Kier molecular flexibility index (Phi) is 4.06. The first kappa shape index (κ1) is 12.3. The molecule has 1 heterocycles. The number of rotatable bonds is 4. The molecule has 0 saturated heterocycles. The molecule has 2 rings (SSSR count). The van der Waals surface area contributed by atoms with Gasteiger partial charge in [-0.25, -0.2) is 0 Å². The second-order valence-corrected chi connectivity index (χ2v) is 4.12. The molecule has 0 amide bonds. The average molecular weight is 237 g/mol. The highest BCUT2D eigenvalue weighted by atomic mass is 14.9. The Morgan fingerprint density at radius 2 is 1.72 bits per heavy atom. The van der Waals surface area contributed by atoms with Crippen molar-refractivity contribution in [2.75, 3.05) is 6.54 Å². The summed E-state index contributed by atoms with van der Waals surface area (Å²) in [4.78, 5) is 4.01. The number of nitrogens with zero attached hydrogens (tertiary/aromatic N) is 2. The van der Waals surface area contributed by atoms with E-state index in [0.717, 1.165) is 5.56 Å². The first-order valence-electron chi connectivity index (χ1n) is 5.92. The Balaban J connectivity index is 2.13. The molecule has 0 aliphatic rings. The maximum absolute atomic E-state index is 8.54. The summed E-state index contributed by atoms with van der Waals surface area (Å²) in [7, 11) is 0. The lowest BCUT2D eigenvalue weighted by Crippen LogP contribution is -2.18. The molecule has 0 radical (unpaired) electrons. The van der Waals surface area contributed by atoms with Crippen LogP contribution in [-0.4, -0.2) is 11.5 Å². The Labute approximate surface area is 107 Å². The maximum Gasteiger partial charge on any atom is 0.0845 e. The lowest BCUT2D eigenvalue weighted by molar-refractivity contribution is 0.621. The van der Waals surface area contributed by atoms with Crippen LogP contribution in [0.15, 0.2) is 48.8 Å². The third-order valence-electron chi connectivity index (χ3n) is 2.91. The van der Waals surface area contributed by atoms with Gasteiger partial charge in [0.1, 0.15) is 0 Å². The quantitative estimate of drug-likeness (QED) is 0.832. The number of hydrogen-bond acceptors (Lipinski definition) is 3. The molecule has 1 aromatic carbocycles. The molecule has 0 fully saturated rings. The van der Waals surface area contributed by atoms with Crippen LogP contribution in [0.3, 0.4) is 0 Å². The fourth-order valence-electron chi connectivity index (χ4n) is 1.83. The highest BCUT2D eigenvalue weighted by Crippen LogP contribution is 2.21. The lowest BCUT2D eigenvalue weighted by atomic mass is 10.0. The Bertz CT molecular complexity index is 526. The van der Waals surface area contributed by atoms with Gasteiger partial charge < -0.3 is 0 Å². The van der Waals surface area contributed by atoms with E-state index in [0.29, 0.717) is 6.54 Å². The van der Waals surface area contributed by atoms with Gasteiger partial charge in [-0.3, -0.25) is 10.3 Å². The molecule has 0 bridgehead atoms. The molecule has 3 nitrogen and oxygen atoms in total. The summed E-state index contributed by atoms with van der Waals surface area (Å²) in [5.41, 5.74) is 3.52. The molecule has 90 valence electrons. The summed E-state index contributed by atoms with van der Waals surface area (Å²) < 4.78 is 0. The van der Waals surface area contributed by atoms with Gasteiger partial charge in [0.2, 0.25) is 0 Å². The molecule has 18 heavy (non-hydrogen) atoms. The van der Waals surface area contributed by atoms with E-state index in [1.54, 1.807) is 12.4 Å². The lowest BCUT2D eigenvalue weighted by Gasteiger charge is -2.12. The second kappa shape index (κ2) is 5.95. The van der Waals surface area contributed by atoms with Crippen LogP contribution in [0.1, 0.15) is 18.5 Å². The van der Waals surface area contributed by atoms with Gasteiger partial charge in [-0.1, -0.05) is 24.3 Å². The number of nitrogens with one attached hydrogen (secondary N) is 1. The predicted molar refractivity (Wildman–Crippen MR) is 71.7 cm³/mol. The second-order valence-electron chi connectivity index (χ2n) is 4.12. The molecule has 1 atom stereocenters. The van der Waals surface area contributed by atoms with Crippen LogP contribution in [0.4, 0.5) is 0 Å². The van der Waals surface area contributed by atoms with Crippen LogP contribution in [-0.2, 0) is 0 Å². The van der Waals surface area contributed by atoms with Crippen molar-refractivity contribution in [2.45, 2.75) is 13.0 Å². The van der Waals surface area contributed by atoms with Crippen molar-refractivity contribution in [3.8, 4) is 17.2 Å². The van der Waals surface area contributed by atoms with Crippen LogP contribution >= 0.6 is 0 Å². The van der Waals surface area contributed by atoms with E-state index < -0.39 is 0 Å². The number of hydrogen-bond donors (Lipinski definition) is 1. The topological polar surface area (TPSA) is 48.7 Å². The minimum Gasteiger partial charge on any atom is -0.298 e. The fraction of sp³-hybridized carbons (Fsp3) is 0.200. The van der Waals surface area contributed by atoms with Gasteiger partial charge in [0.25, 0.3) is 0 Å². The molecular formula is C15H15N3. The minimum absolute atomic E-state index is 0.191. The summed E-state index contributed by atoms with van der Waals surface area (Å²) in [5.74, 6) is 0. The zero-order chi connectivity index (χ0) is 12.8. The Morgan fingerprint density at radius 3 is 2.33 bits per heavy atom. The Hall–Kier alpha value is -2.18. The van der Waals surface area contributed by atoms with Crippen LogP contribution in [0.25, 0.3) is 11.1 Å². The van der Waals surface area contributed by atoms with Crippen molar-refractivity contribution in [1.82, 2.24) is 10.3 Å². The van der Waals surface area contributed by atoms with E-state index in [9.17, 15) is 0 Å². The van der Waals surface area contributed by atoms with Crippen molar-refractivity contribution >= 4 is 0 Å². The van der Waals surface area contributed by atoms with Crippen molar-refractivity contribution in [3.63, 3.8) is 0 Å². The summed E-state index contributed by atoms with van der Waals surface area (Å²) >= 11 is 0. The normalized spacial score (nSPS) is 11.8. The van der Waals surface area contributed by atoms with Gasteiger partial charge in [0, 0.05) is 18.4 Å². The highest BCUT2D eigenvalue weighted by Gasteiger charge is 2.04. The predicted octanol–water partition coefficient (Wildman–Crippen LogP) is 2.92. The van der Waals surface area contributed by atoms with Crippen molar-refractivity contribution < 1.29 is 0 Å². The van der Waals surface area contributed by atoms with Gasteiger partial charge in [0.15, 0.2) is 0 Å². The zero-order valence-electron chi connectivity index (χ0n) is 10.3.